The van der Waals surface area contributed by atoms with E-state index in [1.807, 2.05) is 0 Å². The lowest BCUT2D eigenvalue weighted by molar-refractivity contribution is -0.134. The molecule has 6 rings (SSSR count). The van der Waals surface area contributed by atoms with Gasteiger partial charge in [0, 0.05) is 49.4 Å². The quantitative estimate of drug-likeness (QED) is 0.353. The highest BCUT2D eigenvalue weighted by Gasteiger charge is 2.59. The summed E-state index contributed by atoms with van der Waals surface area (Å²) < 4.78 is 49.9. The van der Waals surface area contributed by atoms with Crippen LogP contribution in [0.15, 0.2) is 71.6 Å². The highest BCUT2D eigenvalue weighted by molar-refractivity contribution is 7.93. The Labute approximate surface area is 285 Å². The first-order valence-corrected chi connectivity index (χ1v) is 17.9. The predicted octanol–water partition coefficient (Wildman–Crippen LogP) is 3.82. The van der Waals surface area contributed by atoms with Crippen molar-refractivity contribution < 1.29 is 32.0 Å². The minimum atomic E-state index is -4.64. The molecule has 3 aliphatic heterocycles. The van der Waals surface area contributed by atoms with Gasteiger partial charge in [-0.25, -0.2) is 17.6 Å². The van der Waals surface area contributed by atoms with E-state index in [4.69, 9.17) is 9.57 Å². The van der Waals surface area contributed by atoms with Crippen LogP contribution in [0, 0.1) is 17.1 Å². The molecule has 0 saturated carbocycles. The van der Waals surface area contributed by atoms with Crippen molar-refractivity contribution in [1.82, 2.24) is 20.2 Å². The maximum atomic E-state index is 15.3. The zero-order valence-electron chi connectivity index (χ0n) is 27.5. The number of carbonyl (C=O) groups is 2. The number of piperidine rings is 1. The van der Waals surface area contributed by atoms with Gasteiger partial charge in [0.1, 0.15) is 17.6 Å². The number of sulfonamides is 1. The van der Waals surface area contributed by atoms with Gasteiger partial charge in [0.05, 0.1) is 22.8 Å². The standard InChI is InChI=1S/C35H39FN6O6S/c1-3-39-16-14-26(15-17-39)40-18-20-41(21-19-40)48-34(44)38-35(28-12-8-9-13-32(28)47-4-2)29-22-25(24-37)30(36)23-31(29)42(33(35)43)49(45,46)27-10-6-5-7-11-27/h5-13,22-23,26H,3-4,14-21H2,1-2H3,(H,38,44). The van der Waals surface area contributed by atoms with Crippen molar-refractivity contribution in [3.8, 4) is 11.8 Å². The lowest BCUT2D eigenvalue weighted by Gasteiger charge is -2.42. The van der Waals surface area contributed by atoms with Crippen LogP contribution in [-0.4, -0.2) is 93.7 Å². The summed E-state index contributed by atoms with van der Waals surface area (Å²) in [7, 11) is -4.64. The topological polar surface area (TPSA) is 136 Å². The van der Waals surface area contributed by atoms with E-state index in [1.165, 1.54) is 35.4 Å². The maximum absolute atomic E-state index is 15.3. The second kappa shape index (κ2) is 14.1. The Morgan fingerprint density at radius 2 is 1.65 bits per heavy atom. The minimum absolute atomic E-state index is 0.0875. The van der Waals surface area contributed by atoms with E-state index in [-0.39, 0.29) is 34.1 Å². The zero-order valence-corrected chi connectivity index (χ0v) is 28.3. The second-order valence-corrected chi connectivity index (χ2v) is 13.9. The summed E-state index contributed by atoms with van der Waals surface area (Å²) in [4.78, 5) is 39.1. The van der Waals surface area contributed by atoms with Gasteiger partial charge in [-0.3, -0.25) is 15.0 Å². The number of nitriles is 1. The third-order valence-electron chi connectivity index (χ3n) is 9.50. The number of hydroxylamine groups is 2. The first kappa shape index (κ1) is 34.3. The van der Waals surface area contributed by atoms with E-state index in [1.54, 1.807) is 37.3 Å². The van der Waals surface area contributed by atoms with Crippen molar-refractivity contribution in [3.05, 3.63) is 89.2 Å². The number of hydrogen-bond acceptors (Lipinski definition) is 10. The summed E-state index contributed by atoms with van der Waals surface area (Å²) in [6.45, 7) is 9.42. The van der Waals surface area contributed by atoms with E-state index in [2.05, 4.69) is 22.0 Å². The Morgan fingerprint density at radius 1 is 0.980 bits per heavy atom. The molecule has 258 valence electrons. The lowest BCUT2D eigenvalue weighted by Crippen LogP contribution is -2.57. The molecule has 14 heteroatoms. The van der Waals surface area contributed by atoms with Crippen LogP contribution in [0.1, 0.15) is 43.4 Å². The van der Waals surface area contributed by atoms with Crippen molar-refractivity contribution in [3.63, 3.8) is 0 Å². The van der Waals surface area contributed by atoms with Crippen LogP contribution in [0.2, 0.25) is 0 Å². The van der Waals surface area contributed by atoms with Gasteiger partial charge >= 0.3 is 6.09 Å². The van der Waals surface area contributed by atoms with E-state index in [0.717, 1.165) is 44.6 Å². The second-order valence-electron chi connectivity index (χ2n) is 12.2. The number of para-hydroxylation sites is 1. The molecule has 3 aromatic carbocycles. The summed E-state index contributed by atoms with van der Waals surface area (Å²) in [5.74, 6) is -1.97. The molecule has 0 bridgehead atoms. The molecule has 3 aliphatic rings. The molecular weight excluding hydrogens is 651 g/mol. The van der Waals surface area contributed by atoms with Crippen LogP contribution >= 0.6 is 0 Å². The maximum Gasteiger partial charge on any atom is 0.427 e. The summed E-state index contributed by atoms with van der Waals surface area (Å²) in [5, 5.41) is 14.0. The lowest BCUT2D eigenvalue weighted by atomic mass is 9.82. The van der Waals surface area contributed by atoms with Crippen molar-refractivity contribution in [1.29, 1.82) is 5.26 Å². The number of nitrogens with zero attached hydrogens (tertiary/aromatic N) is 5. The van der Waals surface area contributed by atoms with Crippen molar-refractivity contribution in [2.24, 2.45) is 0 Å². The van der Waals surface area contributed by atoms with Gasteiger partial charge < -0.3 is 14.5 Å². The number of ether oxygens (including phenoxy) is 1. The van der Waals surface area contributed by atoms with Gasteiger partial charge in [0.15, 0.2) is 5.54 Å². The number of amides is 2. The zero-order chi connectivity index (χ0) is 34.8. The fourth-order valence-corrected chi connectivity index (χ4v) is 8.47. The average molecular weight is 691 g/mol. The summed E-state index contributed by atoms with van der Waals surface area (Å²) >= 11 is 0. The highest BCUT2D eigenvalue weighted by Crippen LogP contribution is 2.50. The average Bonchev–Trinajstić information content (AvgIpc) is 3.35. The molecule has 12 nitrogen and oxygen atoms in total. The van der Waals surface area contributed by atoms with Crippen molar-refractivity contribution in [2.45, 2.75) is 43.2 Å². The molecule has 0 radical (unpaired) electrons. The number of rotatable bonds is 9. The Kier molecular flexibility index (Phi) is 9.89. The van der Waals surface area contributed by atoms with Gasteiger partial charge in [0.2, 0.25) is 0 Å². The number of likely N-dealkylation sites (tertiary alicyclic amines) is 1. The van der Waals surface area contributed by atoms with Crippen LogP contribution in [-0.2, 0) is 25.2 Å². The van der Waals surface area contributed by atoms with Gasteiger partial charge in [-0.1, -0.05) is 43.3 Å². The molecule has 3 aromatic rings. The van der Waals surface area contributed by atoms with Crippen LogP contribution in [0.4, 0.5) is 14.9 Å². The number of carbonyl (C=O) groups excluding carboxylic acids is 2. The van der Waals surface area contributed by atoms with Gasteiger partial charge in [-0.2, -0.15) is 9.57 Å². The molecule has 0 aliphatic carbocycles. The summed E-state index contributed by atoms with van der Waals surface area (Å²) in [5.41, 5.74) is -3.11. The van der Waals surface area contributed by atoms with Crippen molar-refractivity contribution >= 4 is 27.7 Å². The SMILES string of the molecule is CCOc1ccccc1C1(NC(=O)ON2CCN(C3CCN(CC)CC3)CC2)C(=O)N(S(=O)(=O)c2ccccc2)c2cc(F)c(C#N)cc21. The molecule has 1 unspecified atom stereocenters. The third kappa shape index (κ3) is 6.35. The fourth-order valence-electron chi connectivity index (χ4n) is 6.99. The number of anilines is 1. The van der Waals surface area contributed by atoms with E-state index in [9.17, 15) is 23.3 Å². The van der Waals surface area contributed by atoms with Crippen molar-refractivity contribution in [2.75, 3.05) is 56.7 Å². The van der Waals surface area contributed by atoms with E-state index < -0.39 is 38.9 Å². The number of fused-ring (bicyclic) bond motifs is 1. The number of hydrogen-bond donors (Lipinski definition) is 1. The highest BCUT2D eigenvalue weighted by atomic mass is 32.2. The first-order chi connectivity index (χ1) is 23.6. The molecular formula is C35H39FN6O6S. The third-order valence-corrected chi connectivity index (χ3v) is 11.2. The molecule has 0 aromatic heterocycles. The monoisotopic (exact) mass is 690 g/mol. The van der Waals surface area contributed by atoms with Gasteiger partial charge in [0.25, 0.3) is 15.9 Å². The molecule has 1 atom stereocenters. The summed E-state index contributed by atoms with van der Waals surface area (Å²) in [6.07, 6.45) is 1.12. The number of benzene rings is 3. The molecule has 1 N–H and O–H groups in total. The van der Waals surface area contributed by atoms with E-state index >= 15 is 4.39 Å². The Morgan fingerprint density at radius 3 is 2.31 bits per heavy atom. The molecule has 2 saturated heterocycles. The fraction of sp³-hybridized carbons (Fsp3) is 0.400. The molecule has 3 heterocycles. The van der Waals surface area contributed by atoms with Crippen LogP contribution in [0.3, 0.4) is 0 Å². The first-order valence-electron chi connectivity index (χ1n) is 16.5. The van der Waals surface area contributed by atoms with Crippen LogP contribution in [0.5, 0.6) is 5.75 Å². The smallest absolute Gasteiger partial charge is 0.427 e. The van der Waals surface area contributed by atoms with Gasteiger partial charge in [-0.15, -0.1) is 5.06 Å². The molecule has 49 heavy (non-hydrogen) atoms. The number of nitrogens with one attached hydrogen (secondary N) is 1. The number of halogens is 1. The predicted molar refractivity (Wildman–Crippen MR) is 179 cm³/mol. The minimum Gasteiger partial charge on any atom is -0.493 e. The molecule has 2 amide bonds. The van der Waals surface area contributed by atoms with E-state index in [0.29, 0.717) is 36.5 Å². The largest absolute Gasteiger partial charge is 0.493 e. The Bertz CT molecular complexity index is 1860. The molecule has 2 fully saturated rings. The Hall–Kier alpha value is -4.55. The van der Waals surface area contributed by atoms with Crippen LogP contribution < -0.4 is 14.4 Å². The molecule has 0 spiro atoms. The van der Waals surface area contributed by atoms with Crippen LogP contribution in [0.25, 0.3) is 0 Å². The van der Waals surface area contributed by atoms with Gasteiger partial charge in [-0.05, 0) is 63.7 Å². The normalized spacial score (nSPS) is 20.9. The number of piperazine rings is 1. The summed E-state index contributed by atoms with van der Waals surface area (Å²) in [6, 6.07) is 17.7. The Balaban J connectivity index is 1.37.